The van der Waals surface area contributed by atoms with E-state index in [1.807, 2.05) is 26.8 Å². The number of hydrogen-bond acceptors (Lipinski definition) is 4. The fraction of sp³-hybridized carbons (Fsp3) is 0.458. The van der Waals surface area contributed by atoms with Gasteiger partial charge in [0.2, 0.25) is 5.91 Å². The summed E-state index contributed by atoms with van der Waals surface area (Å²) in [6, 6.07) is 10.5. The highest BCUT2D eigenvalue weighted by atomic mass is 32.2. The van der Waals surface area contributed by atoms with Crippen LogP contribution in [0.25, 0.3) is 0 Å². The van der Waals surface area contributed by atoms with Gasteiger partial charge in [-0.15, -0.1) is 0 Å². The summed E-state index contributed by atoms with van der Waals surface area (Å²) in [5, 5.41) is 0. The van der Waals surface area contributed by atoms with Crippen LogP contribution in [0.4, 0.5) is 11.4 Å². The highest BCUT2D eigenvalue weighted by Gasteiger charge is 2.37. The molecule has 2 aromatic rings. The third-order valence-corrected chi connectivity index (χ3v) is 7.37. The van der Waals surface area contributed by atoms with E-state index in [4.69, 9.17) is 4.74 Å². The summed E-state index contributed by atoms with van der Waals surface area (Å²) < 4.78 is 34.7. The first kappa shape index (κ1) is 21.7. The Labute approximate surface area is 184 Å². The second kappa shape index (κ2) is 8.19. The van der Waals surface area contributed by atoms with Crippen molar-refractivity contribution in [2.75, 3.05) is 22.8 Å². The SMILES string of the molecule is CCCN1C(=O)C(C)(C)COc2cc(NS(=O)(=O)c3ccc4c(c3)CCCC4)ccc21. The van der Waals surface area contributed by atoms with Gasteiger partial charge in [-0.1, -0.05) is 13.0 Å². The molecule has 0 fully saturated rings. The van der Waals surface area contributed by atoms with E-state index >= 15 is 0 Å². The van der Waals surface area contributed by atoms with E-state index in [1.54, 1.807) is 35.2 Å². The minimum Gasteiger partial charge on any atom is -0.490 e. The number of sulfonamides is 1. The van der Waals surface area contributed by atoms with E-state index < -0.39 is 15.4 Å². The number of hydrogen-bond donors (Lipinski definition) is 1. The molecule has 6 nitrogen and oxygen atoms in total. The van der Waals surface area contributed by atoms with Crippen LogP contribution in [0.3, 0.4) is 0 Å². The van der Waals surface area contributed by atoms with Crippen molar-refractivity contribution in [1.82, 2.24) is 0 Å². The molecule has 1 aliphatic carbocycles. The Morgan fingerprint density at radius 3 is 2.55 bits per heavy atom. The molecule has 1 N–H and O–H groups in total. The normalized spacial score (nSPS) is 17.9. The average Bonchev–Trinajstić information content (AvgIpc) is 2.83. The summed E-state index contributed by atoms with van der Waals surface area (Å²) >= 11 is 0. The molecule has 4 rings (SSSR count). The molecule has 0 atom stereocenters. The van der Waals surface area contributed by atoms with Crippen molar-refractivity contribution in [3.05, 3.63) is 47.5 Å². The number of nitrogens with one attached hydrogen (secondary N) is 1. The first-order chi connectivity index (χ1) is 14.7. The molecule has 2 aromatic carbocycles. The van der Waals surface area contributed by atoms with Gasteiger partial charge in [-0.3, -0.25) is 9.52 Å². The first-order valence-electron chi connectivity index (χ1n) is 10.9. The monoisotopic (exact) mass is 442 g/mol. The zero-order chi connectivity index (χ0) is 22.2. The fourth-order valence-electron chi connectivity index (χ4n) is 4.25. The van der Waals surface area contributed by atoms with Crippen molar-refractivity contribution in [3.63, 3.8) is 0 Å². The Morgan fingerprint density at radius 1 is 1.06 bits per heavy atom. The lowest BCUT2D eigenvalue weighted by Gasteiger charge is -2.27. The van der Waals surface area contributed by atoms with Gasteiger partial charge in [-0.2, -0.15) is 0 Å². The lowest BCUT2D eigenvalue weighted by atomic mass is 9.92. The van der Waals surface area contributed by atoms with Gasteiger partial charge in [0.25, 0.3) is 10.0 Å². The van der Waals surface area contributed by atoms with Gasteiger partial charge in [-0.25, -0.2) is 8.42 Å². The summed E-state index contributed by atoms with van der Waals surface area (Å²) in [7, 11) is -3.73. The number of benzene rings is 2. The van der Waals surface area contributed by atoms with Crippen molar-refractivity contribution < 1.29 is 17.9 Å². The van der Waals surface area contributed by atoms with Gasteiger partial charge in [0.1, 0.15) is 12.4 Å². The van der Waals surface area contributed by atoms with Crippen LogP contribution in [0.5, 0.6) is 5.75 Å². The van der Waals surface area contributed by atoms with Crippen LogP contribution in [0.1, 0.15) is 51.2 Å². The second-order valence-electron chi connectivity index (χ2n) is 9.05. The quantitative estimate of drug-likeness (QED) is 0.738. The molecule has 7 heteroatoms. The predicted molar refractivity (Wildman–Crippen MR) is 122 cm³/mol. The van der Waals surface area contributed by atoms with Crippen molar-refractivity contribution >= 4 is 27.3 Å². The number of amides is 1. The van der Waals surface area contributed by atoms with Crippen molar-refractivity contribution in [3.8, 4) is 5.75 Å². The lowest BCUT2D eigenvalue weighted by Crippen LogP contribution is -2.42. The molecule has 0 unspecified atom stereocenters. The molecule has 0 saturated carbocycles. The zero-order valence-corrected chi connectivity index (χ0v) is 19.2. The molecule has 0 spiro atoms. The molecule has 1 heterocycles. The van der Waals surface area contributed by atoms with Gasteiger partial charge in [0.15, 0.2) is 0 Å². The van der Waals surface area contributed by atoms with Crippen molar-refractivity contribution in [1.29, 1.82) is 0 Å². The lowest BCUT2D eigenvalue weighted by molar-refractivity contribution is -0.127. The number of rotatable bonds is 5. The molecule has 166 valence electrons. The number of carbonyl (C=O) groups is 1. The van der Waals surface area contributed by atoms with Crippen LogP contribution >= 0.6 is 0 Å². The highest BCUT2D eigenvalue weighted by molar-refractivity contribution is 7.92. The third kappa shape index (κ3) is 4.28. The first-order valence-corrected chi connectivity index (χ1v) is 12.4. The van der Waals surface area contributed by atoms with Gasteiger partial charge < -0.3 is 9.64 Å². The van der Waals surface area contributed by atoms with E-state index in [0.717, 1.165) is 37.7 Å². The van der Waals surface area contributed by atoms with E-state index in [2.05, 4.69) is 4.72 Å². The van der Waals surface area contributed by atoms with Crippen LogP contribution < -0.4 is 14.4 Å². The predicted octanol–water partition coefficient (Wildman–Crippen LogP) is 4.53. The van der Waals surface area contributed by atoms with Crippen molar-refractivity contribution in [2.24, 2.45) is 5.41 Å². The summed E-state index contributed by atoms with van der Waals surface area (Å²) in [6.45, 7) is 6.57. The zero-order valence-electron chi connectivity index (χ0n) is 18.4. The largest absolute Gasteiger partial charge is 0.490 e. The standard InChI is InChI=1S/C24H30N2O4S/c1-4-13-26-21-12-10-19(15-22(21)30-16-24(2,3)23(26)27)25-31(28,29)20-11-9-17-7-5-6-8-18(17)14-20/h9-12,14-15,25H,4-8,13,16H2,1-3H3. The van der Waals surface area contributed by atoms with Gasteiger partial charge >= 0.3 is 0 Å². The van der Waals surface area contributed by atoms with Gasteiger partial charge in [0, 0.05) is 12.6 Å². The third-order valence-electron chi connectivity index (χ3n) is 5.99. The summed E-state index contributed by atoms with van der Waals surface area (Å²) in [4.78, 5) is 15.0. The highest BCUT2D eigenvalue weighted by Crippen LogP contribution is 2.38. The Balaban J connectivity index is 1.63. The number of ether oxygens (including phenoxy) is 1. The van der Waals surface area contributed by atoms with Gasteiger partial charge in [-0.05, 0) is 81.3 Å². The molecular formula is C24H30N2O4S. The molecule has 0 saturated heterocycles. The summed E-state index contributed by atoms with van der Waals surface area (Å²) in [5.74, 6) is 0.522. The van der Waals surface area contributed by atoms with E-state index in [9.17, 15) is 13.2 Å². The Kier molecular flexibility index (Phi) is 5.73. The molecule has 1 aliphatic heterocycles. The molecule has 2 aliphatic rings. The van der Waals surface area contributed by atoms with Gasteiger partial charge in [0.05, 0.1) is 21.7 Å². The molecular weight excluding hydrogens is 412 g/mol. The van der Waals surface area contributed by atoms with E-state index in [-0.39, 0.29) is 17.4 Å². The maximum absolute atomic E-state index is 13.0. The van der Waals surface area contributed by atoms with Crippen molar-refractivity contribution in [2.45, 2.75) is 57.8 Å². The number of anilines is 2. The smallest absolute Gasteiger partial charge is 0.261 e. The summed E-state index contributed by atoms with van der Waals surface area (Å²) in [5.41, 5.74) is 2.80. The number of fused-ring (bicyclic) bond motifs is 2. The molecule has 0 radical (unpaired) electrons. The van der Waals surface area contributed by atoms with Crippen LogP contribution in [0.2, 0.25) is 0 Å². The summed E-state index contributed by atoms with van der Waals surface area (Å²) in [6.07, 6.45) is 4.99. The minimum absolute atomic E-state index is 0.00971. The maximum atomic E-state index is 13.0. The molecule has 0 bridgehead atoms. The molecule has 31 heavy (non-hydrogen) atoms. The topological polar surface area (TPSA) is 75.7 Å². The van der Waals surface area contributed by atoms with E-state index in [1.165, 1.54) is 5.56 Å². The average molecular weight is 443 g/mol. The fourth-order valence-corrected chi connectivity index (χ4v) is 5.35. The Morgan fingerprint density at radius 2 is 1.81 bits per heavy atom. The van der Waals surface area contributed by atoms with E-state index in [0.29, 0.717) is 23.7 Å². The second-order valence-corrected chi connectivity index (χ2v) is 10.7. The maximum Gasteiger partial charge on any atom is 0.261 e. The Bertz CT molecular complexity index is 1110. The number of aryl methyl sites for hydroxylation is 2. The molecule has 0 aromatic heterocycles. The van der Waals surface area contributed by atoms with Crippen LogP contribution in [0.15, 0.2) is 41.3 Å². The van der Waals surface area contributed by atoms with Crippen LogP contribution in [-0.2, 0) is 27.7 Å². The van der Waals surface area contributed by atoms with Crippen LogP contribution in [-0.4, -0.2) is 27.5 Å². The number of carbonyl (C=O) groups excluding carboxylic acids is 1. The number of nitrogens with zero attached hydrogens (tertiary/aromatic N) is 1. The Hall–Kier alpha value is -2.54. The van der Waals surface area contributed by atoms with Crippen LogP contribution in [0, 0.1) is 5.41 Å². The molecule has 1 amide bonds. The minimum atomic E-state index is -3.73.